The minimum absolute atomic E-state index is 0.233. The molecule has 1 aliphatic heterocycles. The van der Waals surface area contributed by atoms with Crippen molar-refractivity contribution in [2.75, 3.05) is 6.61 Å². The maximum atomic E-state index is 13.5. The Labute approximate surface area is 182 Å². The Morgan fingerprint density at radius 1 is 1.45 bits per heavy atom. The average Bonchev–Trinajstić information content (AvgIpc) is 2.79. The fourth-order valence-corrected chi connectivity index (χ4v) is 3.53. The minimum atomic E-state index is -3.38. The van der Waals surface area contributed by atoms with Gasteiger partial charge in [-0.25, -0.2) is 18.8 Å². The van der Waals surface area contributed by atoms with Gasteiger partial charge in [0.15, 0.2) is 11.8 Å². The highest BCUT2D eigenvalue weighted by molar-refractivity contribution is 6.42. The van der Waals surface area contributed by atoms with E-state index < -0.39 is 55.3 Å². The van der Waals surface area contributed by atoms with E-state index in [1.54, 1.807) is 0 Å². The van der Waals surface area contributed by atoms with E-state index in [0.29, 0.717) is 12.8 Å². The number of hydrogen-bond acceptors (Lipinski definition) is 7. The Hall–Kier alpha value is -2.49. The van der Waals surface area contributed by atoms with Crippen LogP contribution in [0, 0.1) is 6.85 Å². The molecule has 8 nitrogen and oxygen atoms in total. The molecule has 3 rings (SSSR count). The van der Waals surface area contributed by atoms with Gasteiger partial charge in [0, 0.05) is 15.5 Å². The van der Waals surface area contributed by atoms with E-state index in [9.17, 15) is 28.9 Å². The predicted octanol–water partition coefficient (Wildman–Crippen LogP) is 0.610. The number of alkyl halides is 2. The van der Waals surface area contributed by atoms with E-state index in [1.165, 1.54) is 0 Å². The Morgan fingerprint density at radius 2 is 2.19 bits per heavy atom. The van der Waals surface area contributed by atoms with Gasteiger partial charge in [0.2, 0.25) is 0 Å². The third kappa shape index (κ3) is 4.73. The quantitative estimate of drug-likeness (QED) is 0.442. The molecule has 1 aliphatic carbocycles. The van der Waals surface area contributed by atoms with Crippen LogP contribution < -0.4 is 11.1 Å². The standard InChI is InChI=1S/C21H26F2N4O4/c1-11-6-7-12(21(31,10-28)20(22)23)8-13(11)15-9-25-18(24)17(26-15)19(30)27-14-4-2-3-5-16(14)29/h6-8,14,16,18,20,28-29,31H,2-5,10,24H2,1H3,(H,27,30)/t14-,16-,18?,21+/m0/s1/i1D3. The Bertz CT molecular complexity index is 1040. The number of aliphatic hydroxyl groups excluding tert-OH is 2. The smallest absolute Gasteiger partial charge is 0.273 e. The number of carbonyl (C=O) groups is 1. The molecule has 1 saturated carbocycles. The lowest BCUT2D eigenvalue weighted by atomic mass is 9.91. The zero-order chi connectivity index (χ0) is 25.3. The summed E-state index contributed by atoms with van der Waals surface area (Å²) in [5, 5.41) is 32.4. The molecule has 0 saturated heterocycles. The molecule has 2 aliphatic rings. The van der Waals surface area contributed by atoms with Gasteiger partial charge in [-0.15, -0.1) is 0 Å². The van der Waals surface area contributed by atoms with Crippen molar-refractivity contribution in [1.29, 1.82) is 0 Å². The second-order valence-electron chi connectivity index (χ2n) is 7.61. The number of nitrogens with two attached hydrogens (primary N) is 1. The highest BCUT2D eigenvalue weighted by Crippen LogP contribution is 2.31. The SMILES string of the molecule is [2H]C([2H])([2H])c1ccc([C@](O)(CO)C(F)F)cc1C1=C=NC(N)C(C(=O)N[C@H]2CCCC[C@@H]2O)=N1. The van der Waals surface area contributed by atoms with Crippen molar-refractivity contribution < 1.29 is 33.0 Å². The molecule has 4 atom stereocenters. The number of nitrogens with one attached hydrogen (secondary N) is 1. The summed E-state index contributed by atoms with van der Waals surface area (Å²) in [5.74, 6) is 1.72. The third-order valence-electron chi connectivity index (χ3n) is 5.48. The van der Waals surface area contributed by atoms with Crippen molar-refractivity contribution in [3.8, 4) is 0 Å². The van der Waals surface area contributed by atoms with E-state index in [1.807, 2.05) is 0 Å². The second kappa shape index (κ2) is 9.33. The van der Waals surface area contributed by atoms with Crippen LogP contribution in [0.4, 0.5) is 8.78 Å². The Morgan fingerprint density at radius 3 is 2.84 bits per heavy atom. The van der Waals surface area contributed by atoms with Crippen LogP contribution in [0.1, 0.15) is 46.5 Å². The summed E-state index contributed by atoms with van der Waals surface area (Å²) in [6, 6.07) is 2.42. The third-order valence-corrected chi connectivity index (χ3v) is 5.48. The highest BCUT2D eigenvalue weighted by Gasteiger charge is 2.39. The van der Waals surface area contributed by atoms with Crippen molar-refractivity contribution >= 4 is 23.2 Å². The summed E-state index contributed by atoms with van der Waals surface area (Å²) in [6.45, 7) is -4.04. The summed E-state index contributed by atoms with van der Waals surface area (Å²) in [5.41, 5.74) is 1.37. The first-order valence-electron chi connectivity index (χ1n) is 11.3. The summed E-state index contributed by atoms with van der Waals surface area (Å²) in [6.07, 6.45) is -2.60. The van der Waals surface area contributed by atoms with E-state index >= 15 is 0 Å². The maximum absolute atomic E-state index is 13.5. The first-order chi connectivity index (χ1) is 15.9. The van der Waals surface area contributed by atoms with E-state index in [-0.39, 0.29) is 22.5 Å². The van der Waals surface area contributed by atoms with Gasteiger partial charge >= 0.3 is 0 Å². The molecule has 1 aromatic rings. The number of benzene rings is 1. The monoisotopic (exact) mass is 439 g/mol. The molecule has 1 unspecified atom stereocenters. The molecule has 0 bridgehead atoms. The molecule has 31 heavy (non-hydrogen) atoms. The van der Waals surface area contributed by atoms with Crippen LogP contribution in [-0.4, -0.2) is 64.2 Å². The lowest BCUT2D eigenvalue weighted by Crippen LogP contribution is -2.50. The van der Waals surface area contributed by atoms with Gasteiger partial charge in [0.25, 0.3) is 12.3 Å². The van der Waals surface area contributed by atoms with Gasteiger partial charge in [0.05, 0.1) is 18.8 Å². The number of aliphatic hydroxyl groups is 3. The van der Waals surface area contributed by atoms with Crippen molar-refractivity contribution in [2.24, 2.45) is 15.7 Å². The molecular weight excluding hydrogens is 410 g/mol. The lowest BCUT2D eigenvalue weighted by molar-refractivity contribution is -0.129. The van der Waals surface area contributed by atoms with Gasteiger partial charge in [0.1, 0.15) is 11.4 Å². The summed E-state index contributed by atoms with van der Waals surface area (Å²) < 4.78 is 50.3. The molecule has 1 heterocycles. The van der Waals surface area contributed by atoms with Gasteiger partial charge in [-0.2, -0.15) is 0 Å². The fourth-order valence-electron chi connectivity index (χ4n) is 3.53. The summed E-state index contributed by atoms with van der Waals surface area (Å²) >= 11 is 0. The number of carbonyl (C=O) groups excluding carboxylic acids is 1. The molecule has 1 amide bonds. The number of amides is 1. The topological polar surface area (TPSA) is 141 Å². The number of aliphatic imine (C=N–C) groups is 2. The first-order valence-corrected chi connectivity index (χ1v) is 9.81. The van der Waals surface area contributed by atoms with Crippen LogP contribution >= 0.6 is 0 Å². The molecule has 0 radical (unpaired) electrons. The molecule has 6 N–H and O–H groups in total. The number of halogens is 2. The van der Waals surface area contributed by atoms with Gasteiger partial charge in [-0.1, -0.05) is 25.0 Å². The lowest BCUT2D eigenvalue weighted by Gasteiger charge is -2.29. The van der Waals surface area contributed by atoms with Gasteiger partial charge in [-0.05, 0) is 36.9 Å². The second-order valence-corrected chi connectivity index (χ2v) is 7.61. The van der Waals surface area contributed by atoms with Crippen LogP contribution in [0.15, 0.2) is 28.2 Å². The number of aryl methyl sites for hydroxylation is 1. The van der Waals surface area contributed by atoms with Crippen LogP contribution in [0.2, 0.25) is 0 Å². The molecule has 1 fully saturated rings. The normalized spacial score (nSPS) is 27.5. The van der Waals surface area contributed by atoms with Crippen LogP contribution in [0.3, 0.4) is 0 Å². The molecule has 0 spiro atoms. The number of hydrogen-bond donors (Lipinski definition) is 5. The molecule has 1 aromatic carbocycles. The van der Waals surface area contributed by atoms with E-state index in [4.69, 9.17) is 9.85 Å². The van der Waals surface area contributed by atoms with Crippen molar-refractivity contribution in [2.45, 2.75) is 62.9 Å². The minimum Gasteiger partial charge on any atom is -0.393 e. The first kappa shape index (κ1) is 19.2. The van der Waals surface area contributed by atoms with Gasteiger partial charge in [-0.3, -0.25) is 4.79 Å². The fraction of sp³-hybridized carbons (Fsp3) is 0.524. The molecular formula is C21H26F2N4O4. The molecule has 10 heteroatoms. The maximum Gasteiger partial charge on any atom is 0.273 e. The highest BCUT2D eigenvalue weighted by atomic mass is 19.3. The number of nitrogens with zero attached hydrogens (tertiary/aromatic N) is 2. The summed E-state index contributed by atoms with van der Waals surface area (Å²) in [4.78, 5) is 20.8. The van der Waals surface area contributed by atoms with Crippen LogP contribution in [-0.2, 0) is 10.4 Å². The van der Waals surface area contributed by atoms with E-state index in [2.05, 4.69) is 21.2 Å². The van der Waals surface area contributed by atoms with E-state index in [0.717, 1.165) is 31.0 Å². The molecule has 0 aromatic heterocycles. The molecule has 168 valence electrons. The Balaban J connectivity index is 2.04. The predicted molar refractivity (Wildman–Crippen MR) is 111 cm³/mol. The van der Waals surface area contributed by atoms with Gasteiger partial charge < -0.3 is 26.4 Å². The van der Waals surface area contributed by atoms with Crippen LogP contribution in [0.25, 0.3) is 5.70 Å². The van der Waals surface area contributed by atoms with Crippen LogP contribution in [0.5, 0.6) is 0 Å². The average molecular weight is 439 g/mol. The largest absolute Gasteiger partial charge is 0.393 e. The number of rotatable bonds is 6. The Kier molecular flexibility index (Phi) is 5.79. The summed E-state index contributed by atoms with van der Waals surface area (Å²) in [7, 11) is 0. The van der Waals surface area contributed by atoms with Crippen molar-refractivity contribution in [3.05, 3.63) is 34.9 Å². The van der Waals surface area contributed by atoms with Crippen molar-refractivity contribution in [1.82, 2.24) is 5.32 Å². The zero-order valence-corrected chi connectivity index (χ0v) is 16.6. The zero-order valence-electron chi connectivity index (χ0n) is 19.6. The van der Waals surface area contributed by atoms with Crippen molar-refractivity contribution in [3.63, 3.8) is 0 Å².